The Morgan fingerprint density at radius 3 is 2.30 bits per heavy atom. The summed E-state index contributed by atoms with van der Waals surface area (Å²) in [7, 11) is 0. The standard InChI is InChI=1S/C17H19NO2/c1-11-7-9-14(10-8-11)18-16(17(19)20)15-6-4-5-12(2)13(15)3/h4-10,16,18H,1-3H3,(H,19,20). The van der Waals surface area contributed by atoms with E-state index in [0.717, 1.165) is 27.9 Å². The van der Waals surface area contributed by atoms with E-state index in [4.69, 9.17) is 0 Å². The first-order valence-electron chi connectivity index (χ1n) is 6.61. The van der Waals surface area contributed by atoms with Crippen molar-refractivity contribution in [3.05, 3.63) is 64.7 Å². The molecule has 2 aromatic rings. The molecule has 0 bridgehead atoms. The molecule has 104 valence electrons. The van der Waals surface area contributed by atoms with Crippen LogP contribution in [0.15, 0.2) is 42.5 Å². The molecule has 20 heavy (non-hydrogen) atoms. The number of rotatable bonds is 4. The SMILES string of the molecule is Cc1ccc(NC(C(=O)O)c2cccc(C)c2C)cc1. The lowest BCUT2D eigenvalue weighted by atomic mass is 9.97. The second-order valence-corrected chi connectivity index (χ2v) is 5.07. The Hall–Kier alpha value is -2.29. The minimum Gasteiger partial charge on any atom is -0.479 e. The lowest BCUT2D eigenvalue weighted by Crippen LogP contribution is -2.21. The summed E-state index contributed by atoms with van der Waals surface area (Å²) in [6.45, 7) is 5.95. The number of anilines is 1. The molecule has 0 aliphatic heterocycles. The van der Waals surface area contributed by atoms with Gasteiger partial charge < -0.3 is 10.4 Å². The summed E-state index contributed by atoms with van der Waals surface area (Å²) in [5.41, 5.74) is 4.87. The molecule has 0 radical (unpaired) electrons. The quantitative estimate of drug-likeness (QED) is 0.886. The molecule has 0 fully saturated rings. The van der Waals surface area contributed by atoms with Crippen LogP contribution in [0.5, 0.6) is 0 Å². The van der Waals surface area contributed by atoms with Gasteiger partial charge in [0.25, 0.3) is 0 Å². The van der Waals surface area contributed by atoms with E-state index in [1.54, 1.807) is 0 Å². The molecule has 0 heterocycles. The average Bonchev–Trinajstić information content (AvgIpc) is 2.41. The molecule has 3 nitrogen and oxygen atoms in total. The summed E-state index contributed by atoms with van der Waals surface area (Å²) in [5, 5.41) is 12.6. The van der Waals surface area contributed by atoms with Crippen LogP contribution in [0.1, 0.15) is 28.3 Å². The van der Waals surface area contributed by atoms with Crippen molar-refractivity contribution in [1.82, 2.24) is 0 Å². The van der Waals surface area contributed by atoms with Crippen molar-refractivity contribution in [2.75, 3.05) is 5.32 Å². The van der Waals surface area contributed by atoms with E-state index in [2.05, 4.69) is 5.32 Å². The Bertz CT molecular complexity index is 617. The highest BCUT2D eigenvalue weighted by Gasteiger charge is 2.21. The van der Waals surface area contributed by atoms with Crippen LogP contribution < -0.4 is 5.32 Å². The van der Waals surface area contributed by atoms with E-state index >= 15 is 0 Å². The van der Waals surface area contributed by atoms with E-state index in [1.807, 2.05) is 63.2 Å². The summed E-state index contributed by atoms with van der Waals surface area (Å²) in [6.07, 6.45) is 0. The van der Waals surface area contributed by atoms with Gasteiger partial charge in [0.15, 0.2) is 6.04 Å². The van der Waals surface area contributed by atoms with Crippen molar-refractivity contribution < 1.29 is 9.90 Å². The predicted octanol–water partition coefficient (Wildman–Crippen LogP) is 3.85. The lowest BCUT2D eigenvalue weighted by molar-refractivity contribution is -0.138. The van der Waals surface area contributed by atoms with Crippen molar-refractivity contribution in [3.8, 4) is 0 Å². The van der Waals surface area contributed by atoms with Gasteiger partial charge in [-0.15, -0.1) is 0 Å². The molecule has 2 N–H and O–H groups in total. The highest BCUT2D eigenvalue weighted by molar-refractivity contribution is 5.80. The minimum absolute atomic E-state index is 0.738. The van der Waals surface area contributed by atoms with Crippen molar-refractivity contribution in [1.29, 1.82) is 0 Å². The van der Waals surface area contributed by atoms with Crippen LogP contribution >= 0.6 is 0 Å². The third-order valence-electron chi connectivity index (χ3n) is 3.57. The molecular formula is C17H19NO2. The van der Waals surface area contributed by atoms with Crippen LogP contribution in [0.4, 0.5) is 5.69 Å². The predicted molar refractivity (Wildman–Crippen MR) is 81.1 cm³/mol. The number of carbonyl (C=O) groups is 1. The average molecular weight is 269 g/mol. The van der Waals surface area contributed by atoms with Crippen LogP contribution in [0.2, 0.25) is 0 Å². The number of hydrogen-bond acceptors (Lipinski definition) is 2. The molecule has 0 amide bonds. The van der Waals surface area contributed by atoms with Gasteiger partial charge in [0, 0.05) is 5.69 Å². The Kier molecular flexibility index (Phi) is 4.08. The van der Waals surface area contributed by atoms with Gasteiger partial charge in [-0.2, -0.15) is 0 Å². The molecule has 0 spiro atoms. The zero-order valence-corrected chi connectivity index (χ0v) is 12.0. The number of carboxylic acid groups (broad SMARTS) is 1. The van der Waals surface area contributed by atoms with Crippen molar-refractivity contribution >= 4 is 11.7 Å². The van der Waals surface area contributed by atoms with Gasteiger partial charge in [0.2, 0.25) is 0 Å². The van der Waals surface area contributed by atoms with Crippen LogP contribution in [-0.4, -0.2) is 11.1 Å². The fraction of sp³-hybridized carbons (Fsp3) is 0.235. The van der Waals surface area contributed by atoms with E-state index in [9.17, 15) is 9.90 Å². The summed E-state index contributed by atoms with van der Waals surface area (Å²) in [6, 6.07) is 12.7. The first-order valence-corrected chi connectivity index (χ1v) is 6.61. The van der Waals surface area contributed by atoms with Gasteiger partial charge >= 0.3 is 5.97 Å². The highest BCUT2D eigenvalue weighted by Crippen LogP contribution is 2.24. The smallest absolute Gasteiger partial charge is 0.330 e. The third kappa shape index (κ3) is 2.99. The van der Waals surface area contributed by atoms with E-state index in [-0.39, 0.29) is 0 Å². The monoisotopic (exact) mass is 269 g/mol. The molecule has 1 unspecified atom stereocenters. The van der Waals surface area contributed by atoms with Gasteiger partial charge in [-0.25, -0.2) is 4.79 Å². The van der Waals surface area contributed by atoms with Crippen LogP contribution in [-0.2, 0) is 4.79 Å². The molecular weight excluding hydrogens is 250 g/mol. The Labute approximate surface area is 119 Å². The van der Waals surface area contributed by atoms with Crippen LogP contribution in [0, 0.1) is 20.8 Å². The molecule has 2 aromatic carbocycles. The summed E-state index contributed by atoms with van der Waals surface area (Å²) in [5.74, 6) is -0.876. The Morgan fingerprint density at radius 2 is 1.70 bits per heavy atom. The number of carboxylic acids is 1. The highest BCUT2D eigenvalue weighted by atomic mass is 16.4. The molecule has 0 saturated heterocycles. The Morgan fingerprint density at radius 1 is 1.05 bits per heavy atom. The molecule has 0 aromatic heterocycles. The molecule has 3 heteroatoms. The fourth-order valence-corrected chi connectivity index (χ4v) is 2.18. The van der Waals surface area contributed by atoms with Gasteiger partial charge in [0.1, 0.15) is 0 Å². The fourth-order valence-electron chi connectivity index (χ4n) is 2.18. The maximum Gasteiger partial charge on any atom is 0.330 e. The topological polar surface area (TPSA) is 49.3 Å². The van der Waals surface area contributed by atoms with E-state index in [1.165, 1.54) is 0 Å². The maximum atomic E-state index is 11.6. The number of aryl methyl sites for hydroxylation is 2. The molecule has 0 aliphatic carbocycles. The van der Waals surface area contributed by atoms with Crippen LogP contribution in [0.3, 0.4) is 0 Å². The normalized spacial score (nSPS) is 11.9. The summed E-state index contributed by atoms with van der Waals surface area (Å²) in [4.78, 5) is 11.6. The minimum atomic E-state index is -0.876. The van der Waals surface area contributed by atoms with Crippen molar-refractivity contribution in [2.45, 2.75) is 26.8 Å². The van der Waals surface area contributed by atoms with E-state index < -0.39 is 12.0 Å². The van der Waals surface area contributed by atoms with Gasteiger partial charge in [0.05, 0.1) is 0 Å². The molecule has 0 aliphatic rings. The molecule has 0 saturated carbocycles. The lowest BCUT2D eigenvalue weighted by Gasteiger charge is -2.19. The van der Waals surface area contributed by atoms with Crippen molar-refractivity contribution in [2.24, 2.45) is 0 Å². The number of benzene rings is 2. The van der Waals surface area contributed by atoms with Gasteiger partial charge in [-0.3, -0.25) is 0 Å². The van der Waals surface area contributed by atoms with Gasteiger partial charge in [-0.05, 0) is 49.6 Å². The summed E-state index contributed by atoms with van der Waals surface area (Å²) < 4.78 is 0. The maximum absolute atomic E-state index is 11.6. The largest absolute Gasteiger partial charge is 0.479 e. The second-order valence-electron chi connectivity index (χ2n) is 5.07. The number of aliphatic carboxylic acids is 1. The van der Waals surface area contributed by atoms with E-state index in [0.29, 0.717) is 0 Å². The van der Waals surface area contributed by atoms with Gasteiger partial charge in [-0.1, -0.05) is 35.9 Å². The molecule has 2 rings (SSSR count). The zero-order chi connectivity index (χ0) is 14.7. The first-order chi connectivity index (χ1) is 9.49. The van der Waals surface area contributed by atoms with Crippen molar-refractivity contribution in [3.63, 3.8) is 0 Å². The Balaban J connectivity index is 2.34. The van der Waals surface area contributed by atoms with Crippen LogP contribution in [0.25, 0.3) is 0 Å². The number of hydrogen-bond donors (Lipinski definition) is 2. The number of nitrogens with one attached hydrogen (secondary N) is 1. The molecule has 1 atom stereocenters. The zero-order valence-electron chi connectivity index (χ0n) is 12.0. The third-order valence-corrected chi connectivity index (χ3v) is 3.57. The second kappa shape index (κ2) is 5.78. The first kappa shape index (κ1) is 14.1. The summed E-state index contributed by atoms with van der Waals surface area (Å²) >= 11 is 0.